The maximum atomic E-state index is 11.0. The average Bonchev–Trinajstić information content (AvgIpc) is 2.49. The molecule has 0 amide bonds. The third-order valence-corrected chi connectivity index (χ3v) is 3.84. The van der Waals surface area contributed by atoms with E-state index in [4.69, 9.17) is 14.2 Å². The number of nitro benzene ring substituents is 1. The molecular formula is C17H26N2O5. The van der Waals surface area contributed by atoms with E-state index in [1.54, 1.807) is 12.1 Å². The molecule has 2 atom stereocenters. The lowest BCUT2D eigenvalue weighted by molar-refractivity contribution is -0.385. The molecule has 2 rings (SSSR count). The highest BCUT2D eigenvalue weighted by atomic mass is 16.6. The summed E-state index contributed by atoms with van der Waals surface area (Å²) in [5.41, 5.74) is 0.906. The maximum absolute atomic E-state index is 11.0. The molecule has 1 aliphatic heterocycles. The van der Waals surface area contributed by atoms with Gasteiger partial charge in [-0.3, -0.25) is 15.0 Å². The zero-order valence-electron chi connectivity index (χ0n) is 14.6. The zero-order valence-corrected chi connectivity index (χ0v) is 14.6. The van der Waals surface area contributed by atoms with Crippen molar-refractivity contribution in [2.45, 2.75) is 33.0 Å². The first-order valence-electron chi connectivity index (χ1n) is 8.29. The van der Waals surface area contributed by atoms with Crippen LogP contribution in [-0.2, 0) is 9.47 Å². The summed E-state index contributed by atoms with van der Waals surface area (Å²) in [7, 11) is 0. The first kappa shape index (κ1) is 18.6. The second-order valence-electron chi connectivity index (χ2n) is 6.21. The van der Waals surface area contributed by atoms with Crippen molar-refractivity contribution in [3.63, 3.8) is 0 Å². The monoisotopic (exact) mass is 338 g/mol. The van der Waals surface area contributed by atoms with Gasteiger partial charge in [-0.15, -0.1) is 0 Å². The molecule has 134 valence electrons. The van der Waals surface area contributed by atoms with Crippen molar-refractivity contribution in [3.05, 3.63) is 33.9 Å². The van der Waals surface area contributed by atoms with Gasteiger partial charge in [0.25, 0.3) is 0 Å². The van der Waals surface area contributed by atoms with Crippen LogP contribution in [0.15, 0.2) is 18.2 Å². The molecule has 1 aliphatic rings. The number of hydrogen-bond donors (Lipinski definition) is 0. The Labute approximate surface area is 142 Å². The normalized spacial score (nSPS) is 21.6. The van der Waals surface area contributed by atoms with Gasteiger partial charge in [0.05, 0.1) is 30.3 Å². The van der Waals surface area contributed by atoms with Crippen LogP contribution < -0.4 is 4.74 Å². The highest BCUT2D eigenvalue weighted by Crippen LogP contribution is 2.27. The zero-order chi connectivity index (χ0) is 17.5. The second-order valence-corrected chi connectivity index (χ2v) is 6.21. The van der Waals surface area contributed by atoms with Gasteiger partial charge in [0.15, 0.2) is 5.75 Å². The molecule has 1 fully saturated rings. The maximum Gasteiger partial charge on any atom is 0.310 e. The Morgan fingerprint density at radius 3 is 2.62 bits per heavy atom. The molecule has 1 heterocycles. The first-order chi connectivity index (χ1) is 11.5. The van der Waals surface area contributed by atoms with Gasteiger partial charge < -0.3 is 14.2 Å². The van der Waals surface area contributed by atoms with Crippen LogP contribution in [0.4, 0.5) is 5.69 Å². The van der Waals surface area contributed by atoms with E-state index in [1.165, 1.54) is 6.07 Å². The number of ether oxygens (including phenoxy) is 3. The molecule has 7 heteroatoms. The lowest BCUT2D eigenvalue weighted by Crippen LogP contribution is -2.46. The molecule has 0 saturated carbocycles. The van der Waals surface area contributed by atoms with Crippen LogP contribution in [-0.4, -0.2) is 61.5 Å². The van der Waals surface area contributed by atoms with E-state index in [2.05, 4.69) is 18.7 Å². The summed E-state index contributed by atoms with van der Waals surface area (Å²) in [6, 6.07) is 4.84. The second kappa shape index (κ2) is 8.96. The van der Waals surface area contributed by atoms with E-state index in [-0.39, 0.29) is 17.9 Å². The average molecular weight is 338 g/mol. The van der Waals surface area contributed by atoms with Gasteiger partial charge >= 0.3 is 5.69 Å². The SMILES string of the molecule is Cc1ccc([N+](=O)[O-])c(OCCOCCN2CC(C)OC(C)C2)c1. The van der Waals surface area contributed by atoms with Crippen molar-refractivity contribution in [3.8, 4) is 5.75 Å². The van der Waals surface area contributed by atoms with Crippen molar-refractivity contribution in [1.82, 2.24) is 4.90 Å². The van der Waals surface area contributed by atoms with Crippen LogP contribution in [0.2, 0.25) is 0 Å². The minimum absolute atomic E-state index is 0.0168. The number of rotatable bonds is 8. The van der Waals surface area contributed by atoms with Crippen molar-refractivity contribution in [2.75, 3.05) is 39.5 Å². The van der Waals surface area contributed by atoms with E-state index in [9.17, 15) is 10.1 Å². The van der Waals surface area contributed by atoms with E-state index in [0.717, 1.165) is 25.2 Å². The van der Waals surface area contributed by atoms with E-state index in [0.29, 0.717) is 25.6 Å². The summed E-state index contributed by atoms with van der Waals surface area (Å²) in [5.74, 6) is 0.291. The van der Waals surface area contributed by atoms with Crippen molar-refractivity contribution >= 4 is 5.69 Å². The standard InChI is InChI=1S/C17H26N2O5/c1-13-4-5-16(19(20)21)17(10-13)23-9-8-22-7-6-18-11-14(2)24-15(3)12-18/h4-5,10,14-15H,6-9,11-12H2,1-3H3. The first-order valence-corrected chi connectivity index (χ1v) is 8.29. The number of nitrogens with zero attached hydrogens (tertiary/aromatic N) is 2. The third-order valence-electron chi connectivity index (χ3n) is 3.84. The summed E-state index contributed by atoms with van der Waals surface area (Å²) in [6.45, 7) is 10.0. The molecule has 1 aromatic rings. The van der Waals surface area contributed by atoms with Crippen LogP contribution in [0.5, 0.6) is 5.75 Å². The van der Waals surface area contributed by atoms with Gasteiger partial charge in [-0.2, -0.15) is 0 Å². The Morgan fingerprint density at radius 1 is 1.25 bits per heavy atom. The van der Waals surface area contributed by atoms with E-state index < -0.39 is 4.92 Å². The highest BCUT2D eigenvalue weighted by molar-refractivity contribution is 5.48. The summed E-state index contributed by atoms with van der Waals surface area (Å²) in [4.78, 5) is 12.9. The summed E-state index contributed by atoms with van der Waals surface area (Å²) < 4.78 is 16.8. The Hall–Kier alpha value is -1.70. The lowest BCUT2D eigenvalue weighted by Gasteiger charge is -2.35. The number of morpholine rings is 1. The van der Waals surface area contributed by atoms with Crippen molar-refractivity contribution in [1.29, 1.82) is 0 Å². The van der Waals surface area contributed by atoms with Crippen LogP contribution in [0.25, 0.3) is 0 Å². The minimum Gasteiger partial charge on any atom is -0.484 e. The predicted octanol–water partition coefficient (Wildman–Crippen LogP) is 2.41. The molecule has 24 heavy (non-hydrogen) atoms. The molecule has 1 aromatic carbocycles. The van der Waals surface area contributed by atoms with E-state index in [1.807, 2.05) is 6.92 Å². The van der Waals surface area contributed by atoms with Crippen LogP contribution in [0, 0.1) is 17.0 Å². The third kappa shape index (κ3) is 5.74. The molecule has 0 radical (unpaired) electrons. The topological polar surface area (TPSA) is 74.1 Å². The number of benzene rings is 1. The fourth-order valence-electron chi connectivity index (χ4n) is 2.86. The molecular weight excluding hydrogens is 312 g/mol. The Balaban J connectivity index is 1.67. The highest BCUT2D eigenvalue weighted by Gasteiger charge is 2.21. The summed E-state index contributed by atoms with van der Waals surface area (Å²) in [5, 5.41) is 11.0. The van der Waals surface area contributed by atoms with Gasteiger partial charge in [-0.25, -0.2) is 0 Å². The molecule has 7 nitrogen and oxygen atoms in total. The molecule has 1 saturated heterocycles. The fourth-order valence-corrected chi connectivity index (χ4v) is 2.86. The molecule has 0 spiro atoms. The van der Waals surface area contributed by atoms with Crippen LogP contribution >= 0.6 is 0 Å². The van der Waals surface area contributed by atoms with Crippen molar-refractivity contribution in [2.24, 2.45) is 0 Å². The molecule has 0 bridgehead atoms. The molecule has 2 unspecified atom stereocenters. The van der Waals surface area contributed by atoms with Gasteiger partial charge in [0.2, 0.25) is 0 Å². The van der Waals surface area contributed by atoms with Gasteiger partial charge in [-0.1, -0.05) is 6.07 Å². The molecule has 0 aromatic heterocycles. The summed E-state index contributed by atoms with van der Waals surface area (Å²) in [6.07, 6.45) is 0.498. The molecule has 0 N–H and O–H groups in total. The largest absolute Gasteiger partial charge is 0.484 e. The van der Waals surface area contributed by atoms with Crippen LogP contribution in [0.3, 0.4) is 0 Å². The van der Waals surface area contributed by atoms with Gasteiger partial charge in [0, 0.05) is 25.7 Å². The van der Waals surface area contributed by atoms with Gasteiger partial charge in [0.1, 0.15) is 6.61 Å². The smallest absolute Gasteiger partial charge is 0.310 e. The van der Waals surface area contributed by atoms with Crippen LogP contribution in [0.1, 0.15) is 19.4 Å². The lowest BCUT2D eigenvalue weighted by atomic mass is 10.2. The summed E-state index contributed by atoms with van der Waals surface area (Å²) >= 11 is 0. The number of aryl methyl sites for hydroxylation is 1. The Bertz CT molecular complexity index is 542. The molecule has 0 aliphatic carbocycles. The van der Waals surface area contributed by atoms with Crippen molar-refractivity contribution < 1.29 is 19.1 Å². The quantitative estimate of drug-likeness (QED) is 0.412. The Morgan fingerprint density at radius 2 is 1.96 bits per heavy atom. The van der Waals surface area contributed by atoms with E-state index >= 15 is 0 Å². The van der Waals surface area contributed by atoms with Gasteiger partial charge in [-0.05, 0) is 32.4 Å². The predicted molar refractivity (Wildman–Crippen MR) is 90.6 cm³/mol. The number of hydrogen-bond acceptors (Lipinski definition) is 6. The minimum atomic E-state index is -0.434. The Kier molecular flexibility index (Phi) is 6.96. The fraction of sp³-hybridized carbons (Fsp3) is 0.647. The number of nitro groups is 1.